The van der Waals surface area contributed by atoms with Gasteiger partial charge in [0.1, 0.15) is 0 Å². The molecular formula is C13H14O6. The normalized spacial score (nSPS) is 12.1. The highest BCUT2D eigenvalue weighted by Gasteiger charge is 2.15. The van der Waals surface area contributed by atoms with Crippen LogP contribution >= 0.6 is 0 Å². The van der Waals surface area contributed by atoms with Gasteiger partial charge in [0, 0.05) is 6.08 Å². The van der Waals surface area contributed by atoms with Crippen LogP contribution in [0.3, 0.4) is 0 Å². The molecule has 0 bridgehead atoms. The van der Waals surface area contributed by atoms with E-state index in [4.69, 9.17) is 19.7 Å². The Morgan fingerprint density at radius 1 is 1.26 bits per heavy atom. The predicted molar refractivity (Wildman–Crippen MR) is 67.4 cm³/mol. The Labute approximate surface area is 109 Å². The molecule has 2 N–H and O–H groups in total. The van der Waals surface area contributed by atoms with Gasteiger partial charge in [-0.1, -0.05) is 6.07 Å². The van der Waals surface area contributed by atoms with E-state index in [0.717, 1.165) is 6.08 Å². The second-order valence-electron chi connectivity index (χ2n) is 3.68. The molecular weight excluding hydrogens is 252 g/mol. The fourth-order valence-electron chi connectivity index (χ4n) is 1.30. The first kappa shape index (κ1) is 14.6. The van der Waals surface area contributed by atoms with Gasteiger partial charge in [-0.2, -0.15) is 0 Å². The monoisotopic (exact) mass is 266 g/mol. The van der Waals surface area contributed by atoms with Gasteiger partial charge in [-0.25, -0.2) is 9.59 Å². The van der Waals surface area contributed by atoms with E-state index in [1.807, 2.05) is 0 Å². The van der Waals surface area contributed by atoms with E-state index in [9.17, 15) is 9.59 Å². The summed E-state index contributed by atoms with van der Waals surface area (Å²) in [6.07, 6.45) is 1.32. The third-order valence-electron chi connectivity index (χ3n) is 2.26. The summed E-state index contributed by atoms with van der Waals surface area (Å²) in [5, 5.41) is 17.3. The van der Waals surface area contributed by atoms with Gasteiger partial charge < -0.3 is 19.7 Å². The molecule has 1 aromatic rings. The molecule has 1 unspecified atom stereocenters. The van der Waals surface area contributed by atoms with Crippen molar-refractivity contribution in [2.75, 3.05) is 7.11 Å². The van der Waals surface area contributed by atoms with Gasteiger partial charge in [0.25, 0.3) is 0 Å². The van der Waals surface area contributed by atoms with Crippen LogP contribution in [0.4, 0.5) is 0 Å². The van der Waals surface area contributed by atoms with Gasteiger partial charge in [0.05, 0.1) is 7.11 Å². The Hall–Kier alpha value is -2.50. The maximum Gasteiger partial charge on any atom is 0.344 e. The zero-order valence-electron chi connectivity index (χ0n) is 10.5. The lowest BCUT2D eigenvalue weighted by molar-refractivity contribution is -0.144. The molecule has 1 aromatic carbocycles. The largest absolute Gasteiger partial charge is 0.493 e. The number of hydrogen-bond donors (Lipinski definition) is 2. The lowest BCUT2D eigenvalue weighted by atomic mass is 10.2. The first-order valence-electron chi connectivity index (χ1n) is 5.42. The zero-order chi connectivity index (χ0) is 14.4. The SMILES string of the molecule is COc1ccc(C=CC(=O)O)cc1OC(C)C(=O)O. The molecule has 1 rings (SSSR count). The Bertz CT molecular complexity index is 506. The summed E-state index contributed by atoms with van der Waals surface area (Å²) in [5.74, 6) is -1.56. The van der Waals surface area contributed by atoms with Crippen molar-refractivity contribution in [2.24, 2.45) is 0 Å². The fourth-order valence-corrected chi connectivity index (χ4v) is 1.30. The molecule has 0 fully saturated rings. The fraction of sp³-hybridized carbons (Fsp3) is 0.231. The highest BCUT2D eigenvalue weighted by Crippen LogP contribution is 2.29. The van der Waals surface area contributed by atoms with Crippen LogP contribution in [0.25, 0.3) is 6.08 Å². The number of benzene rings is 1. The third-order valence-corrected chi connectivity index (χ3v) is 2.26. The van der Waals surface area contributed by atoms with Gasteiger partial charge in [0.2, 0.25) is 0 Å². The first-order valence-corrected chi connectivity index (χ1v) is 5.42. The Balaban J connectivity index is 3.02. The molecule has 0 saturated carbocycles. The van der Waals surface area contributed by atoms with Crippen molar-refractivity contribution in [3.63, 3.8) is 0 Å². The second-order valence-corrected chi connectivity index (χ2v) is 3.68. The highest BCUT2D eigenvalue weighted by atomic mass is 16.5. The van der Waals surface area contributed by atoms with E-state index in [1.54, 1.807) is 12.1 Å². The molecule has 6 nitrogen and oxygen atoms in total. The van der Waals surface area contributed by atoms with E-state index < -0.39 is 18.0 Å². The Morgan fingerprint density at radius 3 is 2.47 bits per heavy atom. The molecule has 0 aliphatic heterocycles. The summed E-state index contributed by atoms with van der Waals surface area (Å²) in [7, 11) is 1.43. The Morgan fingerprint density at radius 2 is 1.95 bits per heavy atom. The molecule has 0 aliphatic rings. The van der Waals surface area contributed by atoms with Gasteiger partial charge in [0.15, 0.2) is 17.6 Å². The average Bonchev–Trinajstić information content (AvgIpc) is 2.36. The van der Waals surface area contributed by atoms with Crippen LogP contribution in [0.1, 0.15) is 12.5 Å². The van der Waals surface area contributed by atoms with Crippen LogP contribution < -0.4 is 9.47 Å². The molecule has 0 saturated heterocycles. The molecule has 6 heteroatoms. The number of ether oxygens (including phenoxy) is 2. The Kier molecular flexibility index (Phi) is 4.93. The maximum atomic E-state index is 10.7. The highest BCUT2D eigenvalue weighted by molar-refractivity contribution is 5.85. The van der Waals surface area contributed by atoms with Crippen molar-refractivity contribution in [2.45, 2.75) is 13.0 Å². The molecule has 1 atom stereocenters. The van der Waals surface area contributed by atoms with Crippen molar-refractivity contribution in [1.82, 2.24) is 0 Å². The molecule has 0 radical (unpaired) electrons. The molecule has 0 aliphatic carbocycles. The van der Waals surface area contributed by atoms with Crippen molar-refractivity contribution >= 4 is 18.0 Å². The third kappa shape index (κ3) is 4.34. The summed E-state index contributed by atoms with van der Waals surface area (Å²) in [4.78, 5) is 21.2. The van der Waals surface area contributed by atoms with Gasteiger partial charge in [-0.3, -0.25) is 0 Å². The summed E-state index contributed by atoms with van der Waals surface area (Å²) in [6, 6.07) is 4.72. The van der Waals surface area contributed by atoms with Gasteiger partial charge in [-0.05, 0) is 30.7 Å². The van der Waals surface area contributed by atoms with Gasteiger partial charge >= 0.3 is 11.9 Å². The topological polar surface area (TPSA) is 93.1 Å². The van der Waals surface area contributed by atoms with Crippen LogP contribution in [0.2, 0.25) is 0 Å². The predicted octanol–water partition coefficient (Wildman–Crippen LogP) is 1.64. The average molecular weight is 266 g/mol. The van der Waals surface area contributed by atoms with E-state index in [1.165, 1.54) is 26.2 Å². The van der Waals surface area contributed by atoms with E-state index in [2.05, 4.69) is 0 Å². The van der Waals surface area contributed by atoms with E-state index in [-0.39, 0.29) is 5.75 Å². The molecule has 0 heterocycles. The minimum Gasteiger partial charge on any atom is -0.493 e. The second kappa shape index (κ2) is 6.44. The molecule has 0 spiro atoms. The lowest BCUT2D eigenvalue weighted by Crippen LogP contribution is -2.23. The number of methoxy groups -OCH3 is 1. The summed E-state index contributed by atoms with van der Waals surface area (Å²) in [6.45, 7) is 1.39. The van der Waals surface area contributed by atoms with Crippen LogP contribution in [-0.2, 0) is 9.59 Å². The standard InChI is InChI=1S/C13H14O6/c1-8(13(16)17)19-11-7-9(4-6-12(14)15)3-5-10(11)18-2/h3-8H,1-2H3,(H,14,15)(H,16,17). The van der Waals surface area contributed by atoms with Crippen LogP contribution in [0, 0.1) is 0 Å². The molecule has 102 valence electrons. The minimum atomic E-state index is -1.10. The van der Waals surface area contributed by atoms with E-state index in [0.29, 0.717) is 11.3 Å². The number of carboxylic acids is 2. The number of aliphatic carboxylic acids is 2. The number of rotatable bonds is 6. The van der Waals surface area contributed by atoms with Crippen molar-refractivity contribution < 1.29 is 29.3 Å². The van der Waals surface area contributed by atoms with E-state index >= 15 is 0 Å². The van der Waals surface area contributed by atoms with Crippen LogP contribution in [0.15, 0.2) is 24.3 Å². The summed E-state index contributed by atoms with van der Waals surface area (Å²) in [5.41, 5.74) is 0.566. The number of carbonyl (C=O) groups is 2. The molecule has 19 heavy (non-hydrogen) atoms. The summed E-state index contributed by atoms with van der Waals surface area (Å²) >= 11 is 0. The van der Waals surface area contributed by atoms with Crippen LogP contribution in [0.5, 0.6) is 11.5 Å². The molecule has 0 aromatic heterocycles. The quantitative estimate of drug-likeness (QED) is 0.760. The maximum absolute atomic E-state index is 10.7. The zero-order valence-corrected chi connectivity index (χ0v) is 10.5. The first-order chi connectivity index (χ1) is 8.93. The van der Waals surface area contributed by atoms with Crippen LogP contribution in [-0.4, -0.2) is 35.4 Å². The van der Waals surface area contributed by atoms with Crippen molar-refractivity contribution in [3.05, 3.63) is 29.8 Å². The minimum absolute atomic E-state index is 0.241. The summed E-state index contributed by atoms with van der Waals surface area (Å²) < 4.78 is 10.3. The number of carboxylic acid groups (broad SMARTS) is 2. The van der Waals surface area contributed by atoms with Crippen molar-refractivity contribution in [1.29, 1.82) is 0 Å². The number of hydrogen-bond acceptors (Lipinski definition) is 4. The van der Waals surface area contributed by atoms with Crippen molar-refractivity contribution in [3.8, 4) is 11.5 Å². The molecule has 0 amide bonds. The smallest absolute Gasteiger partial charge is 0.344 e. The lowest BCUT2D eigenvalue weighted by Gasteiger charge is -2.14. The van der Waals surface area contributed by atoms with Gasteiger partial charge in [-0.15, -0.1) is 0 Å².